The first kappa shape index (κ1) is 20.2. The lowest BCUT2D eigenvalue weighted by Crippen LogP contribution is -2.38. The Morgan fingerprint density at radius 3 is 2.40 bits per heavy atom. The van der Waals surface area contributed by atoms with Crippen LogP contribution in [0.3, 0.4) is 0 Å². The zero-order chi connectivity index (χ0) is 20.9. The Morgan fingerprint density at radius 1 is 1.03 bits per heavy atom. The maximum atomic E-state index is 12.7. The summed E-state index contributed by atoms with van der Waals surface area (Å²) < 4.78 is 5.15. The van der Waals surface area contributed by atoms with E-state index < -0.39 is 0 Å². The summed E-state index contributed by atoms with van der Waals surface area (Å²) in [6.07, 6.45) is 5.38. The van der Waals surface area contributed by atoms with Gasteiger partial charge in [0.05, 0.1) is 7.11 Å². The Hall–Kier alpha value is -3.09. The Bertz CT molecular complexity index is 886. The largest absolute Gasteiger partial charge is 0.497 e. The molecule has 7 nitrogen and oxygen atoms in total. The van der Waals surface area contributed by atoms with Crippen molar-refractivity contribution in [2.45, 2.75) is 25.7 Å². The van der Waals surface area contributed by atoms with Gasteiger partial charge in [-0.05, 0) is 62.1 Å². The summed E-state index contributed by atoms with van der Waals surface area (Å²) in [5.41, 5.74) is 1.47. The molecule has 0 unspecified atom stereocenters. The third kappa shape index (κ3) is 4.56. The van der Waals surface area contributed by atoms with Crippen molar-refractivity contribution in [3.63, 3.8) is 0 Å². The van der Waals surface area contributed by atoms with Gasteiger partial charge < -0.3 is 19.9 Å². The molecule has 1 N–H and O–H groups in total. The van der Waals surface area contributed by atoms with Gasteiger partial charge in [-0.1, -0.05) is 0 Å². The predicted octanol–water partition coefficient (Wildman–Crippen LogP) is 3.18. The number of nitrogens with zero attached hydrogens (tertiary/aromatic N) is 3. The molecule has 0 spiro atoms. The van der Waals surface area contributed by atoms with E-state index in [1.807, 2.05) is 35.2 Å². The van der Waals surface area contributed by atoms with E-state index in [1.165, 1.54) is 0 Å². The first-order valence-electron chi connectivity index (χ1n) is 10.6. The molecule has 0 saturated carbocycles. The molecular formula is C23H28N4O3. The second-order valence-corrected chi connectivity index (χ2v) is 7.88. The molecule has 1 aromatic carbocycles. The van der Waals surface area contributed by atoms with Crippen molar-refractivity contribution in [3.8, 4) is 5.75 Å². The number of ether oxygens (including phenoxy) is 1. The number of carbonyl (C=O) groups is 2. The third-order valence-electron chi connectivity index (χ3n) is 5.93. The Labute approximate surface area is 177 Å². The first-order chi connectivity index (χ1) is 14.6. The van der Waals surface area contributed by atoms with Crippen LogP contribution in [-0.4, -0.2) is 55.0 Å². The van der Waals surface area contributed by atoms with Crippen LogP contribution < -0.4 is 15.0 Å². The molecule has 158 valence electrons. The number of nitrogens with one attached hydrogen (secondary N) is 1. The zero-order valence-corrected chi connectivity index (χ0v) is 17.3. The van der Waals surface area contributed by atoms with Crippen molar-refractivity contribution in [1.29, 1.82) is 0 Å². The lowest BCUT2D eigenvalue weighted by Gasteiger charge is -2.32. The number of carbonyl (C=O) groups excluding carboxylic acids is 2. The van der Waals surface area contributed by atoms with Crippen molar-refractivity contribution in [1.82, 2.24) is 9.88 Å². The average Bonchev–Trinajstić information content (AvgIpc) is 3.34. The molecule has 2 aromatic rings. The molecule has 2 aliphatic heterocycles. The maximum Gasteiger partial charge on any atom is 0.254 e. The van der Waals surface area contributed by atoms with Crippen molar-refractivity contribution >= 4 is 23.3 Å². The summed E-state index contributed by atoms with van der Waals surface area (Å²) in [4.78, 5) is 33.8. The van der Waals surface area contributed by atoms with Crippen LogP contribution in [0.1, 0.15) is 36.0 Å². The molecule has 4 rings (SSSR count). The molecule has 0 atom stereocenters. The number of methoxy groups -OCH3 is 1. The molecule has 0 bridgehead atoms. The zero-order valence-electron chi connectivity index (χ0n) is 17.3. The first-order valence-corrected chi connectivity index (χ1v) is 10.6. The second kappa shape index (κ2) is 9.15. The van der Waals surface area contributed by atoms with E-state index in [-0.39, 0.29) is 17.7 Å². The Kier molecular flexibility index (Phi) is 6.16. The van der Waals surface area contributed by atoms with Gasteiger partial charge in [-0.2, -0.15) is 0 Å². The fourth-order valence-electron chi connectivity index (χ4n) is 4.12. The topological polar surface area (TPSA) is 74.8 Å². The molecule has 2 saturated heterocycles. The summed E-state index contributed by atoms with van der Waals surface area (Å²) in [7, 11) is 1.62. The number of rotatable bonds is 5. The minimum absolute atomic E-state index is 0.0298. The van der Waals surface area contributed by atoms with Crippen molar-refractivity contribution in [2.24, 2.45) is 5.92 Å². The van der Waals surface area contributed by atoms with Crippen LogP contribution in [-0.2, 0) is 4.79 Å². The highest BCUT2D eigenvalue weighted by Crippen LogP contribution is 2.25. The van der Waals surface area contributed by atoms with E-state index in [1.54, 1.807) is 19.4 Å². The molecule has 0 aliphatic carbocycles. The lowest BCUT2D eigenvalue weighted by atomic mass is 9.95. The van der Waals surface area contributed by atoms with Gasteiger partial charge in [0, 0.05) is 49.5 Å². The number of pyridine rings is 1. The van der Waals surface area contributed by atoms with Crippen molar-refractivity contribution in [3.05, 3.63) is 48.2 Å². The fraction of sp³-hybridized carbons (Fsp3) is 0.435. The molecule has 0 radical (unpaired) electrons. The number of hydrogen-bond acceptors (Lipinski definition) is 5. The number of aromatic nitrogens is 1. The fourth-order valence-corrected chi connectivity index (χ4v) is 4.12. The van der Waals surface area contributed by atoms with Crippen LogP contribution >= 0.6 is 0 Å². The van der Waals surface area contributed by atoms with Crippen molar-refractivity contribution < 1.29 is 14.3 Å². The number of amides is 2. The van der Waals surface area contributed by atoms with E-state index in [0.29, 0.717) is 5.56 Å². The van der Waals surface area contributed by atoms with E-state index in [4.69, 9.17) is 4.74 Å². The predicted molar refractivity (Wildman–Crippen MR) is 116 cm³/mol. The minimum Gasteiger partial charge on any atom is -0.497 e. The van der Waals surface area contributed by atoms with Crippen LogP contribution in [0.15, 0.2) is 42.6 Å². The summed E-state index contributed by atoms with van der Waals surface area (Å²) >= 11 is 0. The van der Waals surface area contributed by atoms with E-state index >= 15 is 0 Å². The normalized spacial score (nSPS) is 17.1. The van der Waals surface area contributed by atoms with E-state index in [0.717, 1.165) is 69.1 Å². The second-order valence-electron chi connectivity index (χ2n) is 7.88. The summed E-state index contributed by atoms with van der Waals surface area (Å²) in [6.45, 7) is 3.17. The standard InChI is InChI=1S/C23H28N4O3/c1-30-20-6-4-19(5-7-20)25-22(28)17-9-14-26(15-10-17)21-16-18(8-11-24-21)23(29)27-12-2-3-13-27/h4-8,11,16-17H,2-3,9-10,12-15H2,1H3,(H,25,28). The molecule has 3 heterocycles. The van der Waals surface area contributed by atoms with Crippen LogP contribution in [0.5, 0.6) is 5.75 Å². The van der Waals surface area contributed by atoms with E-state index in [2.05, 4.69) is 15.2 Å². The molecule has 2 aliphatic rings. The number of benzene rings is 1. The van der Waals surface area contributed by atoms with Gasteiger partial charge in [0.1, 0.15) is 11.6 Å². The average molecular weight is 409 g/mol. The summed E-state index contributed by atoms with van der Waals surface area (Å²) in [5.74, 6) is 1.68. The van der Waals surface area contributed by atoms with Crippen LogP contribution in [0, 0.1) is 5.92 Å². The van der Waals surface area contributed by atoms with Gasteiger partial charge in [-0.15, -0.1) is 0 Å². The third-order valence-corrected chi connectivity index (χ3v) is 5.93. The molecule has 2 fully saturated rings. The van der Waals surface area contributed by atoms with Gasteiger partial charge in [-0.3, -0.25) is 9.59 Å². The van der Waals surface area contributed by atoms with Crippen molar-refractivity contribution in [2.75, 3.05) is 43.5 Å². The van der Waals surface area contributed by atoms with Crippen LogP contribution in [0.25, 0.3) is 0 Å². The quantitative estimate of drug-likeness (QED) is 0.823. The lowest BCUT2D eigenvalue weighted by molar-refractivity contribution is -0.120. The molecule has 30 heavy (non-hydrogen) atoms. The maximum absolute atomic E-state index is 12.7. The Morgan fingerprint density at radius 2 is 1.73 bits per heavy atom. The smallest absolute Gasteiger partial charge is 0.254 e. The van der Waals surface area contributed by atoms with E-state index in [9.17, 15) is 9.59 Å². The highest BCUT2D eigenvalue weighted by molar-refractivity contribution is 5.95. The van der Waals surface area contributed by atoms with Gasteiger partial charge >= 0.3 is 0 Å². The number of anilines is 2. The molecule has 2 amide bonds. The molecule has 1 aromatic heterocycles. The van der Waals surface area contributed by atoms with Gasteiger partial charge in [0.15, 0.2) is 0 Å². The SMILES string of the molecule is COc1ccc(NC(=O)C2CCN(c3cc(C(=O)N4CCCC4)ccn3)CC2)cc1. The van der Waals surface area contributed by atoms with Gasteiger partial charge in [-0.25, -0.2) is 4.98 Å². The van der Waals surface area contributed by atoms with Crippen LogP contribution in [0.2, 0.25) is 0 Å². The van der Waals surface area contributed by atoms with Crippen LogP contribution in [0.4, 0.5) is 11.5 Å². The van der Waals surface area contributed by atoms with Gasteiger partial charge in [0.2, 0.25) is 5.91 Å². The summed E-state index contributed by atoms with van der Waals surface area (Å²) in [5, 5.41) is 2.99. The molecule has 7 heteroatoms. The van der Waals surface area contributed by atoms with Gasteiger partial charge in [0.25, 0.3) is 5.91 Å². The monoisotopic (exact) mass is 408 g/mol. The number of hydrogen-bond donors (Lipinski definition) is 1. The molecular weight excluding hydrogens is 380 g/mol. The highest BCUT2D eigenvalue weighted by atomic mass is 16.5. The minimum atomic E-state index is -0.0298. The highest BCUT2D eigenvalue weighted by Gasteiger charge is 2.26. The number of likely N-dealkylation sites (tertiary alicyclic amines) is 1. The Balaban J connectivity index is 1.33. The number of piperidine rings is 1. The summed E-state index contributed by atoms with van der Waals surface area (Å²) in [6, 6.07) is 11.0.